The van der Waals surface area contributed by atoms with Gasteiger partial charge in [-0.25, -0.2) is 0 Å². The topological polar surface area (TPSA) is 20.2 Å². The molecule has 0 fully saturated rings. The fourth-order valence-electron chi connectivity index (χ4n) is 1.49. The standard InChI is InChI=1S/C14H20O/c1-10(2)14(4,5)13(15)12-8-6-7-11(3)9-12/h6-9,13,15H,1H2,2-5H3/t13-/m0/s1. The molecule has 0 unspecified atom stereocenters. The predicted molar refractivity (Wildman–Crippen MR) is 64.7 cm³/mol. The van der Waals surface area contributed by atoms with Gasteiger partial charge in [0.15, 0.2) is 0 Å². The second kappa shape index (κ2) is 4.19. The quantitative estimate of drug-likeness (QED) is 0.745. The third kappa shape index (κ3) is 2.48. The van der Waals surface area contributed by atoms with E-state index in [1.807, 2.05) is 52.0 Å². The van der Waals surface area contributed by atoms with Crippen LogP contribution in [-0.4, -0.2) is 5.11 Å². The van der Waals surface area contributed by atoms with Gasteiger partial charge in [-0.1, -0.05) is 55.8 Å². The van der Waals surface area contributed by atoms with E-state index in [0.29, 0.717) is 0 Å². The minimum absolute atomic E-state index is 0.284. The predicted octanol–water partition coefficient (Wildman–Crippen LogP) is 3.63. The maximum Gasteiger partial charge on any atom is 0.0877 e. The SMILES string of the molecule is C=C(C)C(C)(C)[C@@H](O)c1cccc(C)c1. The highest BCUT2D eigenvalue weighted by atomic mass is 16.3. The Hall–Kier alpha value is -1.08. The Morgan fingerprint density at radius 1 is 1.40 bits per heavy atom. The third-order valence-electron chi connectivity index (χ3n) is 3.14. The van der Waals surface area contributed by atoms with Crippen LogP contribution in [0.3, 0.4) is 0 Å². The van der Waals surface area contributed by atoms with Gasteiger partial charge in [0.05, 0.1) is 6.10 Å². The largest absolute Gasteiger partial charge is 0.388 e. The van der Waals surface area contributed by atoms with Gasteiger partial charge >= 0.3 is 0 Å². The zero-order valence-electron chi connectivity index (χ0n) is 10.0. The first kappa shape index (κ1) is 12.0. The summed E-state index contributed by atoms with van der Waals surface area (Å²) in [6.45, 7) is 12.0. The van der Waals surface area contributed by atoms with Gasteiger partial charge in [-0.3, -0.25) is 0 Å². The smallest absolute Gasteiger partial charge is 0.0877 e. The number of aryl methyl sites for hydroxylation is 1. The fraction of sp³-hybridized carbons (Fsp3) is 0.429. The van der Waals surface area contributed by atoms with Gasteiger partial charge in [-0.15, -0.1) is 0 Å². The zero-order chi connectivity index (χ0) is 11.6. The molecule has 1 heteroatoms. The lowest BCUT2D eigenvalue weighted by molar-refractivity contribution is 0.0746. The Morgan fingerprint density at radius 2 is 2.00 bits per heavy atom. The molecule has 0 heterocycles. The summed E-state index contributed by atoms with van der Waals surface area (Å²) in [5.74, 6) is 0. The van der Waals surface area contributed by atoms with Crippen molar-refractivity contribution in [2.75, 3.05) is 0 Å². The molecule has 0 bridgehead atoms. The summed E-state index contributed by atoms with van der Waals surface area (Å²) < 4.78 is 0. The number of benzene rings is 1. The molecule has 0 aliphatic rings. The molecule has 15 heavy (non-hydrogen) atoms. The van der Waals surface area contributed by atoms with Gasteiger partial charge in [0.25, 0.3) is 0 Å². The molecule has 0 saturated carbocycles. The van der Waals surface area contributed by atoms with Crippen LogP contribution in [0, 0.1) is 12.3 Å². The molecule has 0 radical (unpaired) electrons. The fourth-order valence-corrected chi connectivity index (χ4v) is 1.49. The lowest BCUT2D eigenvalue weighted by atomic mass is 9.77. The Kier molecular flexibility index (Phi) is 3.35. The molecule has 0 aromatic heterocycles. The molecule has 0 saturated heterocycles. The summed E-state index contributed by atoms with van der Waals surface area (Å²) >= 11 is 0. The lowest BCUT2D eigenvalue weighted by Crippen LogP contribution is -2.22. The van der Waals surface area contributed by atoms with Crippen molar-refractivity contribution in [2.45, 2.75) is 33.8 Å². The molecule has 1 aromatic rings. The van der Waals surface area contributed by atoms with Gasteiger partial charge in [-0.05, 0) is 19.4 Å². The molecule has 1 nitrogen and oxygen atoms in total. The van der Waals surface area contributed by atoms with E-state index in [2.05, 4.69) is 6.58 Å². The second-order valence-corrected chi connectivity index (χ2v) is 4.82. The average Bonchev–Trinajstić information content (AvgIpc) is 2.16. The number of aliphatic hydroxyl groups excluding tert-OH is 1. The molecular weight excluding hydrogens is 184 g/mol. The zero-order valence-corrected chi connectivity index (χ0v) is 10.0. The van der Waals surface area contributed by atoms with E-state index in [4.69, 9.17) is 0 Å². The highest BCUT2D eigenvalue weighted by molar-refractivity contribution is 5.27. The molecule has 0 amide bonds. The van der Waals surface area contributed by atoms with Crippen molar-refractivity contribution in [1.29, 1.82) is 0 Å². The van der Waals surface area contributed by atoms with E-state index < -0.39 is 6.10 Å². The van der Waals surface area contributed by atoms with Crippen LogP contribution in [-0.2, 0) is 0 Å². The number of aliphatic hydroxyl groups is 1. The summed E-state index contributed by atoms with van der Waals surface area (Å²) in [6, 6.07) is 7.99. The minimum Gasteiger partial charge on any atom is -0.388 e. The summed E-state index contributed by atoms with van der Waals surface area (Å²) in [6.07, 6.45) is -0.491. The molecule has 1 aromatic carbocycles. The minimum atomic E-state index is -0.491. The molecular formula is C14H20O. The Balaban J connectivity index is 3.04. The van der Waals surface area contributed by atoms with Crippen LogP contribution < -0.4 is 0 Å². The van der Waals surface area contributed by atoms with Crippen molar-refractivity contribution in [3.63, 3.8) is 0 Å². The van der Waals surface area contributed by atoms with Crippen LogP contribution in [0.5, 0.6) is 0 Å². The highest BCUT2D eigenvalue weighted by Gasteiger charge is 2.29. The Bertz CT molecular complexity index is 363. The van der Waals surface area contributed by atoms with E-state index in [-0.39, 0.29) is 5.41 Å². The van der Waals surface area contributed by atoms with Gasteiger partial charge in [0.2, 0.25) is 0 Å². The summed E-state index contributed by atoms with van der Waals surface area (Å²) in [4.78, 5) is 0. The Morgan fingerprint density at radius 3 is 2.47 bits per heavy atom. The van der Waals surface area contributed by atoms with Crippen molar-refractivity contribution >= 4 is 0 Å². The van der Waals surface area contributed by atoms with Crippen LogP contribution in [0.15, 0.2) is 36.4 Å². The summed E-state index contributed by atoms with van der Waals surface area (Å²) in [7, 11) is 0. The van der Waals surface area contributed by atoms with Gasteiger partial charge in [-0.2, -0.15) is 0 Å². The van der Waals surface area contributed by atoms with Crippen LogP contribution >= 0.6 is 0 Å². The van der Waals surface area contributed by atoms with Crippen LogP contribution in [0.2, 0.25) is 0 Å². The lowest BCUT2D eigenvalue weighted by Gasteiger charge is -2.31. The summed E-state index contributed by atoms with van der Waals surface area (Å²) in [5, 5.41) is 10.3. The van der Waals surface area contributed by atoms with Crippen LogP contribution in [0.1, 0.15) is 38.0 Å². The monoisotopic (exact) mass is 204 g/mol. The Labute approximate surface area is 92.5 Å². The highest BCUT2D eigenvalue weighted by Crippen LogP contribution is 2.38. The molecule has 1 N–H and O–H groups in total. The molecule has 1 atom stereocenters. The molecule has 0 spiro atoms. The first-order valence-electron chi connectivity index (χ1n) is 5.26. The molecule has 0 aliphatic carbocycles. The van der Waals surface area contributed by atoms with E-state index in [1.165, 1.54) is 5.56 Å². The van der Waals surface area contributed by atoms with Gasteiger partial charge in [0.1, 0.15) is 0 Å². The number of hydrogen-bond donors (Lipinski definition) is 1. The molecule has 82 valence electrons. The van der Waals surface area contributed by atoms with E-state index in [9.17, 15) is 5.11 Å². The van der Waals surface area contributed by atoms with E-state index in [1.54, 1.807) is 0 Å². The van der Waals surface area contributed by atoms with Crippen molar-refractivity contribution in [1.82, 2.24) is 0 Å². The van der Waals surface area contributed by atoms with Crippen LogP contribution in [0.4, 0.5) is 0 Å². The van der Waals surface area contributed by atoms with Crippen molar-refractivity contribution < 1.29 is 5.11 Å². The van der Waals surface area contributed by atoms with E-state index in [0.717, 1.165) is 11.1 Å². The first-order valence-corrected chi connectivity index (χ1v) is 5.26. The van der Waals surface area contributed by atoms with Crippen molar-refractivity contribution in [2.24, 2.45) is 5.41 Å². The van der Waals surface area contributed by atoms with Crippen LogP contribution in [0.25, 0.3) is 0 Å². The maximum atomic E-state index is 10.3. The first-order chi connectivity index (χ1) is 6.85. The molecule has 0 aliphatic heterocycles. The third-order valence-corrected chi connectivity index (χ3v) is 3.14. The van der Waals surface area contributed by atoms with Gasteiger partial charge < -0.3 is 5.11 Å². The maximum absolute atomic E-state index is 10.3. The van der Waals surface area contributed by atoms with Crippen molar-refractivity contribution in [3.8, 4) is 0 Å². The second-order valence-electron chi connectivity index (χ2n) is 4.82. The van der Waals surface area contributed by atoms with E-state index >= 15 is 0 Å². The average molecular weight is 204 g/mol. The summed E-state index contributed by atoms with van der Waals surface area (Å²) in [5.41, 5.74) is 2.84. The van der Waals surface area contributed by atoms with Gasteiger partial charge in [0, 0.05) is 5.41 Å². The molecule has 1 rings (SSSR count). The normalized spacial score (nSPS) is 13.7. The number of rotatable bonds is 3. The van der Waals surface area contributed by atoms with Crippen molar-refractivity contribution in [3.05, 3.63) is 47.5 Å². The number of hydrogen-bond acceptors (Lipinski definition) is 1.